The number of carbonyl (C=O) groups excluding carboxylic acids is 2. The summed E-state index contributed by atoms with van der Waals surface area (Å²) in [6, 6.07) is -0.814. The number of rotatable bonds is 5. The monoisotopic (exact) mass is 330 g/mol. The Labute approximate surface area is 116 Å². The molecule has 0 rings (SSSR count). The zero-order chi connectivity index (χ0) is 13.9. The van der Waals surface area contributed by atoms with Crippen LogP contribution in [0, 0.1) is 0 Å². The van der Waals surface area contributed by atoms with Crippen molar-refractivity contribution < 1.29 is 19.0 Å². The number of halogens is 2. The molecule has 0 atom stereocenters. The number of ether oxygens (including phenoxy) is 1. The predicted molar refractivity (Wildman–Crippen MR) is 74.6 cm³/mol. The van der Waals surface area contributed by atoms with Gasteiger partial charge in [-0.25, -0.2) is 4.79 Å². The van der Waals surface area contributed by atoms with E-state index in [4.69, 9.17) is 10.5 Å². The highest BCUT2D eigenvalue weighted by atomic mass is 79.9. The Kier molecular flexibility index (Phi) is 15.9. The molecule has 0 aromatic carbocycles. The number of primary amides is 1. The quantitative estimate of drug-likeness (QED) is 0.759. The lowest BCUT2D eigenvalue weighted by molar-refractivity contribution is -0.122. The lowest BCUT2D eigenvalue weighted by Gasteiger charge is -2.21. The van der Waals surface area contributed by atoms with Crippen LogP contribution < -0.4 is 11.1 Å². The highest BCUT2D eigenvalue weighted by Crippen LogP contribution is 2.26. The van der Waals surface area contributed by atoms with Gasteiger partial charge in [0.25, 0.3) is 0 Å². The van der Waals surface area contributed by atoms with Crippen molar-refractivity contribution in [3.05, 3.63) is 0 Å². The fraction of sp³-hybridized carbons (Fsp3) is 0.818. The number of nitrogens with one attached hydrogen (secondary N) is 1. The Hall–Kier alpha value is -0.690. The maximum absolute atomic E-state index is 11.3. The van der Waals surface area contributed by atoms with E-state index in [0.717, 1.165) is 13.2 Å². The van der Waals surface area contributed by atoms with Crippen molar-refractivity contribution in [1.82, 2.24) is 5.32 Å². The van der Waals surface area contributed by atoms with Crippen LogP contribution >= 0.6 is 15.9 Å². The summed E-state index contributed by atoms with van der Waals surface area (Å²) in [4.78, 5) is 21.6. The molecule has 0 aliphatic heterocycles. The molecule has 18 heavy (non-hydrogen) atoms. The molecular formula is C11H24BrFN2O3. The van der Waals surface area contributed by atoms with Gasteiger partial charge >= 0.3 is 6.03 Å². The van der Waals surface area contributed by atoms with E-state index in [-0.39, 0.29) is 10.6 Å². The Morgan fingerprint density at radius 3 is 1.72 bits per heavy atom. The first-order chi connectivity index (χ1) is 7.87. The summed E-state index contributed by atoms with van der Waals surface area (Å²) in [7, 11) is 0. The topological polar surface area (TPSA) is 81.4 Å². The minimum absolute atomic E-state index is 0. The first-order valence-electron chi connectivity index (χ1n) is 5.75. The largest absolute Gasteiger partial charge is 0.382 e. The molecule has 110 valence electrons. The molecule has 0 fully saturated rings. The average Bonchev–Trinajstić information content (AvgIpc) is 2.29. The van der Waals surface area contributed by atoms with Gasteiger partial charge in [0.1, 0.15) is 4.32 Å². The van der Waals surface area contributed by atoms with E-state index in [1.165, 1.54) is 0 Å². The molecule has 0 aliphatic carbocycles. The first-order valence-corrected chi connectivity index (χ1v) is 6.54. The van der Waals surface area contributed by atoms with Crippen LogP contribution in [0.1, 0.15) is 40.5 Å². The predicted octanol–water partition coefficient (Wildman–Crippen LogP) is 2.33. The van der Waals surface area contributed by atoms with Gasteiger partial charge in [0, 0.05) is 13.2 Å². The molecule has 0 unspecified atom stereocenters. The summed E-state index contributed by atoms with van der Waals surface area (Å²) in [6.07, 6.45) is 1.23. The second-order valence-corrected chi connectivity index (χ2v) is 4.79. The summed E-state index contributed by atoms with van der Waals surface area (Å²) in [5, 5.41) is 2.04. The van der Waals surface area contributed by atoms with Crippen molar-refractivity contribution in [3.63, 3.8) is 0 Å². The SMILES string of the molecule is CCC(Br)(CC)C(=O)NC(N)=O.CCOCC.F. The second kappa shape index (κ2) is 12.8. The summed E-state index contributed by atoms with van der Waals surface area (Å²) in [5.41, 5.74) is 4.81. The second-order valence-electron chi connectivity index (χ2n) is 3.27. The van der Waals surface area contributed by atoms with Crippen LogP contribution in [0.25, 0.3) is 0 Å². The van der Waals surface area contributed by atoms with Gasteiger partial charge in [-0.05, 0) is 26.7 Å². The Bertz CT molecular complexity index is 234. The molecule has 0 spiro atoms. The lowest BCUT2D eigenvalue weighted by atomic mass is 10.0. The van der Waals surface area contributed by atoms with Gasteiger partial charge in [0.15, 0.2) is 0 Å². The van der Waals surface area contributed by atoms with Crippen LogP contribution in [0.3, 0.4) is 0 Å². The van der Waals surface area contributed by atoms with Gasteiger partial charge in [-0.3, -0.25) is 14.8 Å². The molecule has 0 aliphatic rings. The number of hydrogen-bond donors (Lipinski definition) is 2. The molecule has 7 heteroatoms. The summed E-state index contributed by atoms with van der Waals surface area (Å²) < 4.78 is 4.17. The van der Waals surface area contributed by atoms with Gasteiger partial charge in [-0.1, -0.05) is 29.8 Å². The van der Waals surface area contributed by atoms with Gasteiger partial charge in [-0.15, -0.1) is 0 Å². The lowest BCUT2D eigenvalue weighted by Crippen LogP contribution is -2.46. The third-order valence-corrected chi connectivity index (χ3v) is 3.65. The molecule has 0 saturated carbocycles. The Morgan fingerprint density at radius 2 is 1.56 bits per heavy atom. The van der Waals surface area contributed by atoms with Crippen molar-refractivity contribution >= 4 is 27.9 Å². The third-order valence-electron chi connectivity index (χ3n) is 2.17. The van der Waals surface area contributed by atoms with E-state index in [1.807, 2.05) is 33.0 Å². The fourth-order valence-electron chi connectivity index (χ4n) is 0.999. The van der Waals surface area contributed by atoms with E-state index in [2.05, 4.69) is 15.9 Å². The molecule has 0 aromatic heterocycles. The van der Waals surface area contributed by atoms with Crippen molar-refractivity contribution in [2.45, 2.75) is 44.9 Å². The zero-order valence-electron chi connectivity index (χ0n) is 11.4. The molecule has 0 aromatic rings. The highest BCUT2D eigenvalue weighted by molar-refractivity contribution is 9.10. The fourth-order valence-corrected chi connectivity index (χ4v) is 1.10. The van der Waals surface area contributed by atoms with Crippen molar-refractivity contribution in [2.75, 3.05) is 13.2 Å². The summed E-state index contributed by atoms with van der Waals surface area (Å²) in [5.74, 6) is -0.375. The first kappa shape index (κ1) is 22.5. The van der Waals surface area contributed by atoms with E-state index in [0.29, 0.717) is 12.8 Å². The highest BCUT2D eigenvalue weighted by Gasteiger charge is 2.32. The molecule has 5 nitrogen and oxygen atoms in total. The minimum atomic E-state index is -0.814. The number of nitrogens with two attached hydrogens (primary N) is 1. The number of urea groups is 1. The van der Waals surface area contributed by atoms with Gasteiger partial charge < -0.3 is 10.5 Å². The smallest absolute Gasteiger partial charge is 0.318 e. The molecule has 3 amide bonds. The standard InChI is InChI=1S/C7H13BrN2O2.C4H10O.FH/c1-3-7(8,4-2)5(11)10-6(9)12;1-3-5-4-2;/h3-4H2,1-2H3,(H3,9,10,11,12);3-4H2,1-2H3;1H. The molecule has 3 N–H and O–H groups in total. The molecule has 0 saturated heterocycles. The number of imide groups is 1. The molecule has 0 bridgehead atoms. The Balaban J connectivity index is -0.000000321. The van der Waals surface area contributed by atoms with Crippen LogP contribution in [0.4, 0.5) is 9.50 Å². The van der Waals surface area contributed by atoms with E-state index >= 15 is 0 Å². The average molecular weight is 331 g/mol. The molecule has 0 heterocycles. The third kappa shape index (κ3) is 10.5. The Morgan fingerprint density at radius 1 is 1.17 bits per heavy atom. The summed E-state index contributed by atoms with van der Waals surface area (Å²) in [6.45, 7) is 9.39. The normalized spacial score (nSPS) is 9.61. The van der Waals surface area contributed by atoms with E-state index < -0.39 is 10.4 Å². The van der Waals surface area contributed by atoms with Gasteiger partial charge in [0.05, 0.1) is 0 Å². The minimum Gasteiger partial charge on any atom is -0.382 e. The maximum Gasteiger partial charge on any atom is 0.318 e. The van der Waals surface area contributed by atoms with Crippen LogP contribution in [0.5, 0.6) is 0 Å². The number of hydrogen-bond acceptors (Lipinski definition) is 3. The number of alkyl halides is 1. The van der Waals surface area contributed by atoms with Crippen molar-refractivity contribution in [2.24, 2.45) is 5.73 Å². The van der Waals surface area contributed by atoms with E-state index in [9.17, 15) is 9.59 Å². The van der Waals surface area contributed by atoms with Gasteiger partial charge in [0.2, 0.25) is 5.91 Å². The zero-order valence-corrected chi connectivity index (χ0v) is 13.0. The van der Waals surface area contributed by atoms with Crippen LogP contribution in [-0.4, -0.2) is 29.5 Å². The van der Waals surface area contributed by atoms with E-state index in [1.54, 1.807) is 0 Å². The van der Waals surface area contributed by atoms with Crippen molar-refractivity contribution in [1.29, 1.82) is 0 Å². The molecule has 0 radical (unpaired) electrons. The van der Waals surface area contributed by atoms with Crippen LogP contribution in [0.2, 0.25) is 0 Å². The van der Waals surface area contributed by atoms with Crippen molar-refractivity contribution in [3.8, 4) is 0 Å². The summed E-state index contributed by atoms with van der Waals surface area (Å²) >= 11 is 3.26. The molecular weight excluding hydrogens is 307 g/mol. The van der Waals surface area contributed by atoms with Crippen LogP contribution in [0.15, 0.2) is 0 Å². The number of carbonyl (C=O) groups is 2. The maximum atomic E-state index is 11.3. The van der Waals surface area contributed by atoms with Gasteiger partial charge in [-0.2, -0.15) is 0 Å². The number of amides is 3. The van der Waals surface area contributed by atoms with Crippen LogP contribution in [-0.2, 0) is 9.53 Å².